The fourth-order valence-corrected chi connectivity index (χ4v) is 4.17. The predicted octanol–water partition coefficient (Wildman–Crippen LogP) is 2.43. The zero-order valence-corrected chi connectivity index (χ0v) is 16.1. The summed E-state index contributed by atoms with van der Waals surface area (Å²) in [5.41, 5.74) is 8.48. The summed E-state index contributed by atoms with van der Waals surface area (Å²) in [6.07, 6.45) is 1.97. The molecule has 1 aliphatic carbocycles. The molecule has 1 saturated heterocycles. The van der Waals surface area contributed by atoms with Gasteiger partial charge in [-0.05, 0) is 57.9 Å². The lowest BCUT2D eigenvalue weighted by Gasteiger charge is -2.18. The average molecular weight is 370 g/mol. The molecular formula is C18H28ClN3O3. The van der Waals surface area contributed by atoms with Crippen molar-refractivity contribution in [2.75, 3.05) is 13.1 Å². The third-order valence-electron chi connectivity index (χ3n) is 5.40. The molecule has 1 aromatic heterocycles. The molecule has 0 bridgehead atoms. The molecule has 2 fully saturated rings. The summed E-state index contributed by atoms with van der Waals surface area (Å²) >= 11 is 0. The van der Waals surface area contributed by atoms with Crippen molar-refractivity contribution in [2.24, 2.45) is 17.6 Å². The van der Waals surface area contributed by atoms with Crippen molar-refractivity contribution in [3.63, 3.8) is 0 Å². The zero-order valence-electron chi connectivity index (χ0n) is 15.3. The molecule has 140 valence electrons. The number of carbonyl (C=O) groups is 2. The van der Waals surface area contributed by atoms with Gasteiger partial charge in [-0.15, -0.1) is 12.4 Å². The molecular weight excluding hydrogens is 342 g/mol. The fraction of sp³-hybridized carbons (Fsp3) is 0.667. The number of nitrogens with one attached hydrogen (secondary N) is 1. The van der Waals surface area contributed by atoms with Crippen LogP contribution in [0.3, 0.4) is 0 Å². The van der Waals surface area contributed by atoms with Gasteiger partial charge in [0, 0.05) is 24.8 Å². The lowest BCUT2D eigenvalue weighted by Crippen LogP contribution is -2.34. The first-order valence-electron chi connectivity index (χ1n) is 8.74. The van der Waals surface area contributed by atoms with Crippen molar-refractivity contribution < 1.29 is 14.3 Å². The quantitative estimate of drug-likeness (QED) is 0.801. The molecule has 2 aliphatic rings. The topological polar surface area (TPSA) is 88.4 Å². The number of nitrogens with zero attached hydrogens (tertiary/aromatic N) is 1. The SMILES string of the molecule is Cc1[nH]c(C(=O)N2CC3CCC(N)C3C2)c(C)c1C(=O)OC(C)C.Cl. The minimum Gasteiger partial charge on any atom is -0.459 e. The van der Waals surface area contributed by atoms with Crippen molar-refractivity contribution in [3.8, 4) is 0 Å². The van der Waals surface area contributed by atoms with Crippen LogP contribution in [-0.2, 0) is 4.74 Å². The van der Waals surface area contributed by atoms with Crippen LogP contribution in [0.5, 0.6) is 0 Å². The van der Waals surface area contributed by atoms with Gasteiger partial charge >= 0.3 is 5.97 Å². The van der Waals surface area contributed by atoms with Gasteiger partial charge < -0.3 is 20.4 Å². The van der Waals surface area contributed by atoms with Crippen molar-refractivity contribution in [1.29, 1.82) is 0 Å². The maximum atomic E-state index is 12.9. The molecule has 1 saturated carbocycles. The van der Waals surface area contributed by atoms with Gasteiger partial charge in [-0.25, -0.2) is 4.79 Å². The first kappa shape index (κ1) is 19.8. The minimum absolute atomic E-state index is 0. The molecule has 0 spiro atoms. The van der Waals surface area contributed by atoms with E-state index in [1.807, 2.05) is 18.7 Å². The molecule has 3 atom stereocenters. The number of rotatable bonds is 3. The number of fused-ring (bicyclic) bond motifs is 1. The molecule has 1 aromatic rings. The average Bonchev–Trinajstić information content (AvgIpc) is 3.13. The molecule has 3 unspecified atom stereocenters. The van der Waals surface area contributed by atoms with E-state index >= 15 is 0 Å². The predicted molar refractivity (Wildman–Crippen MR) is 98.2 cm³/mol. The monoisotopic (exact) mass is 369 g/mol. The largest absolute Gasteiger partial charge is 0.459 e. The normalized spacial score (nSPS) is 25.0. The van der Waals surface area contributed by atoms with Gasteiger partial charge in [0.15, 0.2) is 0 Å². The van der Waals surface area contributed by atoms with Gasteiger partial charge in [-0.3, -0.25) is 4.79 Å². The van der Waals surface area contributed by atoms with Crippen LogP contribution in [0.2, 0.25) is 0 Å². The Balaban J connectivity index is 0.00000225. The molecule has 0 aromatic carbocycles. The Hall–Kier alpha value is -1.53. The van der Waals surface area contributed by atoms with Gasteiger partial charge in [0.25, 0.3) is 5.91 Å². The summed E-state index contributed by atoms with van der Waals surface area (Å²) in [7, 11) is 0. The smallest absolute Gasteiger partial charge is 0.340 e. The standard InChI is InChI=1S/C18H27N3O3.ClH/c1-9(2)24-18(23)15-10(3)16(20-11(15)4)17(22)21-7-12-5-6-14(19)13(12)8-21;/h9,12-14,20H,5-8,19H2,1-4H3;1H. The van der Waals surface area contributed by atoms with Crippen LogP contribution in [-0.4, -0.2) is 47.0 Å². The van der Waals surface area contributed by atoms with E-state index in [1.165, 1.54) is 0 Å². The highest BCUT2D eigenvalue weighted by atomic mass is 35.5. The van der Waals surface area contributed by atoms with Crippen molar-refractivity contribution in [2.45, 2.75) is 52.7 Å². The van der Waals surface area contributed by atoms with Crippen LogP contribution in [0.15, 0.2) is 0 Å². The van der Waals surface area contributed by atoms with Crippen LogP contribution >= 0.6 is 12.4 Å². The first-order valence-corrected chi connectivity index (χ1v) is 8.74. The highest BCUT2D eigenvalue weighted by Gasteiger charge is 2.43. The Morgan fingerprint density at radius 1 is 1.24 bits per heavy atom. The summed E-state index contributed by atoms with van der Waals surface area (Å²) in [5, 5.41) is 0. The third-order valence-corrected chi connectivity index (χ3v) is 5.40. The highest BCUT2D eigenvalue weighted by Crippen LogP contribution is 2.37. The third kappa shape index (κ3) is 3.55. The van der Waals surface area contributed by atoms with E-state index in [2.05, 4.69) is 4.98 Å². The van der Waals surface area contributed by atoms with Gasteiger partial charge in [0.2, 0.25) is 0 Å². The maximum Gasteiger partial charge on any atom is 0.340 e. The Morgan fingerprint density at radius 3 is 2.52 bits per heavy atom. The lowest BCUT2D eigenvalue weighted by atomic mass is 9.98. The Morgan fingerprint density at radius 2 is 1.92 bits per heavy atom. The summed E-state index contributed by atoms with van der Waals surface area (Å²) in [5.74, 6) is 0.512. The van der Waals surface area contributed by atoms with Crippen LogP contribution in [0.1, 0.15) is 58.8 Å². The molecule has 25 heavy (non-hydrogen) atoms. The Bertz CT molecular complexity index is 671. The number of amides is 1. The highest BCUT2D eigenvalue weighted by molar-refractivity contribution is 6.00. The number of nitrogens with two attached hydrogens (primary N) is 1. The van der Waals surface area contributed by atoms with Gasteiger partial charge in [0.1, 0.15) is 5.69 Å². The molecule has 2 heterocycles. The van der Waals surface area contributed by atoms with Gasteiger partial charge in [-0.1, -0.05) is 0 Å². The second kappa shape index (κ2) is 7.38. The molecule has 1 aliphatic heterocycles. The van der Waals surface area contributed by atoms with Crippen molar-refractivity contribution in [3.05, 3.63) is 22.5 Å². The first-order chi connectivity index (χ1) is 11.3. The number of halogens is 1. The number of hydrogen-bond acceptors (Lipinski definition) is 4. The Labute approximate surface area is 154 Å². The van der Waals surface area contributed by atoms with Crippen LogP contribution < -0.4 is 5.73 Å². The minimum atomic E-state index is -0.379. The molecule has 3 N–H and O–H groups in total. The number of aromatic amines is 1. The van der Waals surface area contributed by atoms with Gasteiger partial charge in [-0.2, -0.15) is 0 Å². The van der Waals surface area contributed by atoms with E-state index in [1.54, 1.807) is 13.8 Å². The number of H-pyrrole nitrogens is 1. The number of likely N-dealkylation sites (tertiary alicyclic amines) is 1. The maximum absolute atomic E-state index is 12.9. The van der Waals surface area contributed by atoms with E-state index in [4.69, 9.17) is 10.5 Å². The lowest BCUT2D eigenvalue weighted by molar-refractivity contribution is 0.0376. The van der Waals surface area contributed by atoms with E-state index in [9.17, 15) is 9.59 Å². The summed E-state index contributed by atoms with van der Waals surface area (Å²) in [6.45, 7) is 8.71. The Kier molecular flexibility index (Phi) is 5.84. The molecule has 6 nitrogen and oxygen atoms in total. The molecule has 0 radical (unpaired) electrons. The molecule has 7 heteroatoms. The fourth-order valence-electron chi connectivity index (χ4n) is 4.17. The summed E-state index contributed by atoms with van der Waals surface area (Å²) in [6, 6.07) is 0.204. The van der Waals surface area contributed by atoms with Crippen molar-refractivity contribution in [1.82, 2.24) is 9.88 Å². The van der Waals surface area contributed by atoms with E-state index in [0.717, 1.165) is 19.4 Å². The molecule has 1 amide bonds. The van der Waals surface area contributed by atoms with E-state index < -0.39 is 0 Å². The number of ether oxygens (including phenoxy) is 1. The van der Waals surface area contributed by atoms with Crippen molar-refractivity contribution >= 4 is 24.3 Å². The molecule has 3 rings (SSSR count). The number of hydrogen-bond donors (Lipinski definition) is 2. The summed E-state index contributed by atoms with van der Waals surface area (Å²) in [4.78, 5) is 30.2. The number of carbonyl (C=O) groups excluding carboxylic acids is 2. The number of aromatic nitrogens is 1. The van der Waals surface area contributed by atoms with Gasteiger partial charge in [0.05, 0.1) is 11.7 Å². The van der Waals surface area contributed by atoms with Crippen LogP contribution in [0.25, 0.3) is 0 Å². The van der Waals surface area contributed by atoms with Crippen LogP contribution in [0.4, 0.5) is 0 Å². The van der Waals surface area contributed by atoms with E-state index in [0.29, 0.717) is 40.9 Å². The second-order valence-electron chi connectivity index (χ2n) is 7.45. The van der Waals surface area contributed by atoms with E-state index in [-0.39, 0.29) is 36.4 Å². The number of esters is 1. The second-order valence-corrected chi connectivity index (χ2v) is 7.45. The van der Waals surface area contributed by atoms with Crippen LogP contribution in [0, 0.1) is 25.7 Å². The zero-order chi connectivity index (χ0) is 17.6. The summed E-state index contributed by atoms with van der Waals surface area (Å²) < 4.78 is 5.29. The number of aryl methyl sites for hydroxylation is 1.